The average molecular weight is 376 g/mol. The Balaban J connectivity index is 2.10. The summed E-state index contributed by atoms with van der Waals surface area (Å²) in [5.41, 5.74) is 2.38. The number of hydrogen-bond donors (Lipinski definition) is 2. The van der Waals surface area contributed by atoms with E-state index in [1.54, 1.807) is 28.4 Å². The first-order valence-corrected chi connectivity index (χ1v) is 9.08. The van der Waals surface area contributed by atoms with Crippen molar-refractivity contribution in [2.75, 3.05) is 49.1 Å². The number of quaternary nitrogens is 2. The van der Waals surface area contributed by atoms with Gasteiger partial charge in [-0.05, 0) is 30.3 Å². The van der Waals surface area contributed by atoms with Crippen LogP contribution in [0.4, 0.5) is 0 Å². The first kappa shape index (κ1) is 20.9. The SMILES string of the molecule is COc1ccc(C[NH2+]C[C@@H](c2ccc(OC)c(OC)c2)[NH+](C)C)c(OC)c1. The van der Waals surface area contributed by atoms with Gasteiger partial charge in [-0.15, -0.1) is 0 Å². The molecule has 6 heteroatoms. The van der Waals surface area contributed by atoms with E-state index < -0.39 is 0 Å². The zero-order valence-electron chi connectivity index (χ0n) is 17.2. The number of methoxy groups -OCH3 is 4. The van der Waals surface area contributed by atoms with Crippen molar-refractivity contribution in [2.45, 2.75) is 12.6 Å². The number of rotatable bonds is 10. The van der Waals surface area contributed by atoms with E-state index in [2.05, 4.69) is 37.6 Å². The fourth-order valence-electron chi connectivity index (χ4n) is 3.20. The van der Waals surface area contributed by atoms with Gasteiger partial charge >= 0.3 is 0 Å². The first-order valence-electron chi connectivity index (χ1n) is 9.08. The molecule has 0 aromatic heterocycles. The summed E-state index contributed by atoms with van der Waals surface area (Å²) in [6, 6.07) is 12.4. The van der Waals surface area contributed by atoms with Crippen LogP contribution >= 0.6 is 0 Å². The first-order chi connectivity index (χ1) is 13.0. The van der Waals surface area contributed by atoms with Crippen molar-refractivity contribution < 1.29 is 29.2 Å². The molecular weight excluding hydrogens is 344 g/mol. The predicted octanol–water partition coefficient (Wildman–Crippen LogP) is 0.670. The maximum Gasteiger partial charge on any atom is 0.162 e. The number of nitrogens with two attached hydrogens (primary N) is 1. The van der Waals surface area contributed by atoms with E-state index >= 15 is 0 Å². The zero-order valence-corrected chi connectivity index (χ0v) is 17.2. The molecule has 1 atom stereocenters. The Morgan fingerprint density at radius 3 is 2.11 bits per heavy atom. The number of ether oxygens (including phenoxy) is 4. The third kappa shape index (κ3) is 5.28. The molecule has 3 N–H and O–H groups in total. The predicted molar refractivity (Wildman–Crippen MR) is 105 cm³/mol. The van der Waals surface area contributed by atoms with Gasteiger partial charge < -0.3 is 29.2 Å². The summed E-state index contributed by atoms with van der Waals surface area (Å²) in [7, 11) is 11.0. The van der Waals surface area contributed by atoms with Gasteiger partial charge in [0.25, 0.3) is 0 Å². The van der Waals surface area contributed by atoms with Gasteiger partial charge in [0.05, 0.1) is 42.5 Å². The van der Waals surface area contributed by atoms with E-state index in [-0.39, 0.29) is 0 Å². The Kier molecular flexibility index (Phi) is 7.76. The average Bonchev–Trinajstić information content (AvgIpc) is 2.70. The molecule has 0 saturated carbocycles. The molecule has 0 fully saturated rings. The molecule has 6 nitrogen and oxygen atoms in total. The van der Waals surface area contributed by atoms with Crippen molar-refractivity contribution in [1.82, 2.24) is 0 Å². The van der Waals surface area contributed by atoms with Crippen molar-refractivity contribution in [3.63, 3.8) is 0 Å². The van der Waals surface area contributed by atoms with E-state index in [1.165, 1.54) is 10.5 Å². The van der Waals surface area contributed by atoms with E-state index in [0.29, 0.717) is 6.04 Å². The largest absolute Gasteiger partial charge is 0.497 e. The maximum atomic E-state index is 5.50. The summed E-state index contributed by atoms with van der Waals surface area (Å²) in [6.07, 6.45) is 0. The van der Waals surface area contributed by atoms with E-state index in [1.807, 2.05) is 18.2 Å². The highest BCUT2D eigenvalue weighted by molar-refractivity contribution is 5.43. The smallest absolute Gasteiger partial charge is 0.162 e. The van der Waals surface area contributed by atoms with Crippen LogP contribution in [0.2, 0.25) is 0 Å². The lowest BCUT2D eigenvalue weighted by Gasteiger charge is -2.21. The quantitative estimate of drug-likeness (QED) is 0.640. The molecule has 0 saturated heterocycles. The summed E-state index contributed by atoms with van der Waals surface area (Å²) in [5.74, 6) is 3.17. The van der Waals surface area contributed by atoms with Gasteiger partial charge in [0.1, 0.15) is 24.6 Å². The van der Waals surface area contributed by atoms with E-state index in [9.17, 15) is 0 Å². The summed E-state index contributed by atoms with van der Waals surface area (Å²) < 4.78 is 21.6. The zero-order chi connectivity index (χ0) is 19.8. The van der Waals surface area contributed by atoms with Crippen LogP contribution in [0.3, 0.4) is 0 Å². The fraction of sp³-hybridized carbons (Fsp3) is 0.429. The van der Waals surface area contributed by atoms with Gasteiger partial charge in [-0.25, -0.2) is 0 Å². The molecule has 0 spiro atoms. The molecular formula is C21H32N2O4+2. The van der Waals surface area contributed by atoms with E-state index in [4.69, 9.17) is 18.9 Å². The Hall–Kier alpha value is -2.44. The number of hydrogen-bond acceptors (Lipinski definition) is 4. The molecule has 27 heavy (non-hydrogen) atoms. The minimum absolute atomic E-state index is 0.328. The van der Waals surface area contributed by atoms with Gasteiger partial charge in [0.15, 0.2) is 17.5 Å². The molecule has 2 aromatic rings. The van der Waals surface area contributed by atoms with Crippen LogP contribution < -0.4 is 29.2 Å². The summed E-state index contributed by atoms with van der Waals surface area (Å²) >= 11 is 0. The molecule has 148 valence electrons. The molecule has 0 unspecified atom stereocenters. The third-order valence-corrected chi connectivity index (χ3v) is 4.77. The number of nitrogens with one attached hydrogen (secondary N) is 1. The van der Waals surface area contributed by atoms with Crippen LogP contribution in [-0.2, 0) is 6.54 Å². The normalized spacial score (nSPS) is 12.0. The van der Waals surface area contributed by atoms with E-state index in [0.717, 1.165) is 41.7 Å². The Labute approximate surface area is 162 Å². The molecule has 0 aliphatic rings. The van der Waals surface area contributed by atoms with Crippen LogP contribution in [0, 0.1) is 0 Å². The van der Waals surface area contributed by atoms with Crippen molar-refractivity contribution in [3.05, 3.63) is 47.5 Å². The highest BCUT2D eigenvalue weighted by Crippen LogP contribution is 2.29. The van der Waals surface area contributed by atoms with Crippen molar-refractivity contribution in [1.29, 1.82) is 0 Å². The lowest BCUT2D eigenvalue weighted by atomic mass is 10.0. The molecule has 0 amide bonds. The van der Waals surface area contributed by atoms with Gasteiger partial charge in [-0.3, -0.25) is 0 Å². The van der Waals surface area contributed by atoms with Crippen LogP contribution in [0.1, 0.15) is 17.2 Å². The standard InChI is InChI=1S/C21H30N2O4/c1-23(2)18(15-8-10-19(25-4)21(11-15)27-6)14-22-13-16-7-9-17(24-3)12-20(16)26-5/h7-12,18,22H,13-14H2,1-6H3/p+2/t18-/m0/s1. The van der Waals surface area contributed by atoms with Gasteiger partial charge in [-0.1, -0.05) is 0 Å². The Bertz CT molecular complexity index is 734. The molecule has 0 bridgehead atoms. The maximum absolute atomic E-state index is 5.50. The van der Waals surface area contributed by atoms with Crippen molar-refractivity contribution in [3.8, 4) is 23.0 Å². The highest BCUT2D eigenvalue weighted by Gasteiger charge is 2.22. The Morgan fingerprint density at radius 1 is 0.815 bits per heavy atom. The molecule has 0 aliphatic heterocycles. The number of likely N-dealkylation sites (N-methyl/N-ethyl adjacent to an activating group) is 1. The summed E-state index contributed by atoms with van der Waals surface area (Å²) in [6.45, 7) is 1.78. The van der Waals surface area contributed by atoms with Crippen molar-refractivity contribution in [2.24, 2.45) is 0 Å². The fourth-order valence-corrected chi connectivity index (χ4v) is 3.20. The lowest BCUT2D eigenvalue weighted by Crippen LogP contribution is -3.09. The topological polar surface area (TPSA) is 58.0 Å². The highest BCUT2D eigenvalue weighted by atomic mass is 16.5. The monoisotopic (exact) mass is 376 g/mol. The summed E-state index contributed by atoms with van der Waals surface area (Å²) in [5, 5.41) is 2.30. The number of benzene rings is 2. The van der Waals surface area contributed by atoms with Crippen LogP contribution in [0.5, 0.6) is 23.0 Å². The molecule has 0 radical (unpaired) electrons. The molecule has 0 aliphatic carbocycles. The van der Waals surface area contributed by atoms with Crippen LogP contribution in [-0.4, -0.2) is 49.1 Å². The molecule has 2 rings (SSSR count). The van der Waals surface area contributed by atoms with Gasteiger partial charge in [-0.2, -0.15) is 0 Å². The minimum atomic E-state index is 0.328. The van der Waals surface area contributed by atoms with Gasteiger partial charge in [0, 0.05) is 17.2 Å². The third-order valence-electron chi connectivity index (χ3n) is 4.77. The van der Waals surface area contributed by atoms with Crippen molar-refractivity contribution >= 4 is 0 Å². The van der Waals surface area contributed by atoms with Gasteiger partial charge in [0.2, 0.25) is 0 Å². The minimum Gasteiger partial charge on any atom is -0.497 e. The second-order valence-electron chi connectivity index (χ2n) is 6.65. The molecule has 2 aromatic carbocycles. The Morgan fingerprint density at radius 2 is 1.52 bits per heavy atom. The lowest BCUT2D eigenvalue weighted by molar-refractivity contribution is -0.910. The van der Waals surface area contributed by atoms with Crippen LogP contribution in [0.25, 0.3) is 0 Å². The summed E-state index contributed by atoms with van der Waals surface area (Å²) in [4.78, 5) is 1.36. The second kappa shape index (κ2) is 10.0. The second-order valence-corrected chi connectivity index (χ2v) is 6.65. The van der Waals surface area contributed by atoms with Crippen LogP contribution in [0.15, 0.2) is 36.4 Å². The molecule has 0 heterocycles.